The Morgan fingerprint density at radius 2 is 2.06 bits per heavy atom. The lowest BCUT2D eigenvalue weighted by Crippen LogP contribution is -2.31. The third kappa shape index (κ3) is 3.21. The molecule has 0 aliphatic rings. The number of benzene rings is 1. The highest BCUT2D eigenvalue weighted by Crippen LogP contribution is 2.18. The van der Waals surface area contributed by atoms with Gasteiger partial charge in [-0.25, -0.2) is 12.7 Å². The Hall–Kier alpha value is -1.60. The number of nitrogens with zero attached hydrogens (tertiary/aromatic N) is 2. The standard InChI is InChI=1S/C11H17N3O3S/c1-9-5-3-4-6-10(9)18(16,17)14(2)8-7-11(12)13-15/h3-6,15H,7-8H2,1-2H3,(H2,12,13). The highest BCUT2D eigenvalue weighted by molar-refractivity contribution is 7.89. The fourth-order valence-corrected chi connectivity index (χ4v) is 2.85. The van der Waals surface area contributed by atoms with Gasteiger partial charge in [-0.15, -0.1) is 0 Å². The minimum absolute atomic E-state index is 0.00170. The molecule has 0 saturated heterocycles. The first-order valence-electron chi connectivity index (χ1n) is 5.38. The van der Waals surface area contributed by atoms with E-state index in [9.17, 15) is 8.42 Å². The highest BCUT2D eigenvalue weighted by Gasteiger charge is 2.22. The van der Waals surface area contributed by atoms with Gasteiger partial charge in [0.05, 0.1) is 4.90 Å². The van der Waals surface area contributed by atoms with Gasteiger partial charge in [0, 0.05) is 20.0 Å². The van der Waals surface area contributed by atoms with Gasteiger partial charge in [-0.1, -0.05) is 23.4 Å². The number of aryl methyl sites for hydroxylation is 1. The van der Waals surface area contributed by atoms with Crippen molar-refractivity contribution in [2.75, 3.05) is 13.6 Å². The lowest BCUT2D eigenvalue weighted by molar-refractivity contribution is 0.316. The molecule has 1 rings (SSSR count). The molecule has 0 amide bonds. The van der Waals surface area contributed by atoms with E-state index in [-0.39, 0.29) is 23.7 Å². The smallest absolute Gasteiger partial charge is 0.243 e. The van der Waals surface area contributed by atoms with E-state index in [1.165, 1.54) is 11.4 Å². The second kappa shape index (κ2) is 5.83. The van der Waals surface area contributed by atoms with Gasteiger partial charge in [0.25, 0.3) is 0 Å². The first-order valence-corrected chi connectivity index (χ1v) is 6.82. The summed E-state index contributed by atoms with van der Waals surface area (Å²) in [5.74, 6) is 0.00170. The number of amidine groups is 1. The summed E-state index contributed by atoms with van der Waals surface area (Å²) in [4.78, 5) is 0.270. The van der Waals surface area contributed by atoms with E-state index >= 15 is 0 Å². The molecule has 0 aliphatic heterocycles. The Morgan fingerprint density at radius 3 is 2.61 bits per heavy atom. The van der Waals surface area contributed by atoms with Crippen molar-refractivity contribution in [3.05, 3.63) is 29.8 Å². The maximum atomic E-state index is 12.2. The Labute approximate surface area is 107 Å². The van der Waals surface area contributed by atoms with E-state index in [1.807, 2.05) is 0 Å². The Bertz CT molecular complexity index is 540. The van der Waals surface area contributed by atoms with Gasteiger partial charge >= 0.3 is 0 Å². The van der Waals surface area contributed by atoms with Crippen LogP contribution in [0.15, 0.2) is 34.3 Å². The maximum Gasteiger partial charge on any atom is 0.243 e. The van der Waals surface area contributed by atoms with E-state index in [2.05, 4.69) is 5.16 Å². The summed E-state index contributed by atoms with van der Waals surface area (Å²) in [6.07, 6.45) is 0.179. The van der Waals surface area contributed by atoms with Crippen LogP contribution in [0.5, 0.6) is 0 Å². The molecule has 0 heterocycles. The third-order valence-corrected chi connectivity index (χ3v) is 4.61. The van der Waals surface area contributed by atoms with Crippen molar-refractivity contribution in [2.45, 2.75) is 18.2 Å². The van der Waals surface area contributed by atoms with Gasteiger partial charge in [-0.3, -0.25) is 0 Å². The molecule has 18 heavy (non-hydrogen) atoms. The van der Waals surface area contributed by atoms with Crippen LogP contribution in [-0.2, 0) is 10.0 Å². The van der Waals surface area contributed by atoms with Gasteiger partial charge in [0.1, 0.15) is 5.84 Å². The molecule has 0 aromatic heterocycles. The molecule has 0 spiro atoms. The number of nitrogens with two attached hydrogens (primary N) is 1. The van der Waals surface area contributed by atoms with Crippen LogP contribution in [0.1, 0.15) is 12.0 Å². The number of hydrogen-bond donors (Lipinski definition) is 2. The molecule has 0 atom stereocenters. The number of oxime groups is 1. The molecule has 6 nitrogen and oxygen atoms in total. The SMILES string of the molecule is Cc1ccccc1S(=O)(=O)N(C)CCC(N)=NO. The van der Waals surface area contributed by atoms with Gasteiger partial charge < -0.3 is 10.9 Å². The molecule has 100 valence electrons. The monoisotopic (exact) mass is 271 g/mol. The predicted octanol–water partition coefficient (Wildman–Crippen LogP) is 0.752. The number of sulfonamides is 1. The molecule has 0 unspecified atom stereocenters. The zero-order chi connectivity index (χ0) is 13.8. The lowest BCUT2D eigenvalue weighted by atomic mass is 10.2. The van der Waals surface area contributed by atoms with Crippen LogP contribution in [0.4, 0.5) is 0 Å². The number of rotatable bonds is 5. The second-order valence-corrected chi connectivity index (χ2v) is 5.95. The lowest BCUT2D eigenvalue weighted by Gasteiger charge is -2.18. The van der Waals surface area contributed by atoms with Crippen molar-refractivity contribution >= 4 is 15.9 Å². The highest BCUT2D eigenvalue weighted by atomic mass is 32.2. The average molecular weight is 271 g/mol. The summed E-state index contributed by atoms with van der Waals surface area (Å²) >= 11 is 0. The van der Waals surface area contributed by atoms with E-state index < -0.39 is 10.0 Å². The topological polar surface area (TPSA) is 96.0 Å². The molecule has 1 aromatic rings. The molecule has 0 bridgehead atoms. The van der Waals surface area contributed by atoms with Crippen LogP contribution in [0.2, 0.25) is 0 Å². The summed E-state index contributed by atoms with van der Waals surface area (Å²) in [6.45, 7) is 1.90. The summed E-state index contributed by atoms with van der Waals surface area (Å²) in [7, 11) is -2.07. The maximum absolute atomic E-state index is 12.2. The second-order valence-electron chi connectivity index (χ2n) is 3.93. The van der Waals surface area contributed by atoms with E-state index in [1.54, 1.807) is 31.2 Å². The molecule has 1 aromatic carbocycles. The van der Waals surface area contributed by atoms with Crippen molar-refractivity contribution in [2.24, 2.45) is 10.9 Å². The van der Waals surface area contributed by atoms with Crippen molar-refractivity contribution in [1.29, 1.82) is 0 Å². The predicted molar refractivity (Wildman–Crippen MR) is 69.0 cm³/mol. The molecule has 3 N–H and O–H groups in total. The van der Waals surface area contributed by atoms with Crippen molar-refractivity contribution in [1.82, 2.24) is 4.31 Å². The van der Waals surface area contributed by atoms with E-state index in [0.717, 1.165) is 0 Å². The quantitative estimate of drug-likeness (QED) is 0.357. The zero-order valence-electron chi connectivity index (χ0n) is 10.4. The minimum atomic E-state index is -3.53. The van der Waals surface area contributed by atoms with Crippen LogP contribution in [0.25, 0.3) is 0 Å². The van der Waals surface area contributed by atoms with Crippen molar-refractivity contribution in [3.8, 4) is 0 Å². The average Bonchev–Trinajstić information content (AvgIpc) is 2.35. The third-order valence-electron chi connectivity index (χ3n) is 2.59. The van der Waals surface area contributed by atoms with Gasteiger partial charge in [0.2, 0.25) is 10.0 Å². The number of hydrogen-bond acceptors (Lipinski definition) is 4. The Morgan fingerprint density at radius 1 is 1.44 bits per heavy atom. The first-order chi connectivity index (χ1) is 8.39. The Balaban J connectivity index is 2.91. The minimum Gasteiger partial charge on any atom is -0.409 e. The summed E-state index contributed by atoms with van der Waals surface area (Å²) in [5, 5.41) is 11.2. The molecule has 0 saturated carbocycles. The Kier molecular flexibility index (Phi) is 4.69. The summed E-state index contributed by atoms with van der Waals surface area (Å²) in [6, 6.07) is 6.76. The van der Waals surface area contributed by atoms with Gasteiger partial charge in [-0.05, 0) is 18.6 Å². The van der Waals surface area contributed by atoms with Crippen LogP contribution >= 0.6 is 0 Å². The molecule has 0 fully saturated rings. The first kappa shape index (κ1) is 14.5. The fraction of sp³-hybridized carbons (Fsp3) is 0.364. The normalized spacial score (nSPS) is 12.9. The van der Waals surface area contributed by atoms with Crippen LogP contribution in [-0.4, -0.2) is 37.4 Å². The van der Waals surface area contributed by atoms with Crippen LogP contribution in [0.3, 0.4) is 0 Å². The molecule has 7 heteroatoms. The van der Waals surface area contributed by atoms with Crippen molar-refractivity contribution < 1.29 is 13.6 Å². The molecular formula is C11H17N3O3S. The zero-order valence-corrected chi connectivity index (χ0v) is 11.2. The van der Waals surface area contributed by atoms with Crippen LogP contribution < -0.4 is 5.73 Å². The largest absolute Gasteiger partial charge is 0.409 e. The van der Waals surface area contributed by atoms with E-state index in [0.29, 0.717) is 5.56 Å². The summed E-state index contributed by atoms with van der Waals surface area (Å²) in [5.41, 5.74) is 6.00. The van der Waals surface area contributed by atoms with Crippen LogP contribution in [0, 0.1) is 6.92 Å². The van der Waals surface area contributed by atoms with E-state index in [4.69, 9.17) is 10.9 Å². The van der Waals surface area contributed by atoms with Crippen molar-refractivity contribution in [3.63, 3.8) is 0 Å². The van der Waals surface area contributed by atoms with Gasteiger partial charge in [-0.2, -0.15) is 0 Å². The molecular weight excluding hydrogens is 254 g/mol. The fourth-order valence-electron chi connectivity index (χ4n) is 1.46. The molecule has 0 radical (unpaired) electrons. The summed E-state index contributed by atoms with van der Waals surface area (Å²) < 4.78 is 25.7. The van der Waals surface area contributed by atoms with Gasteiger partial charge in [0.15, 0.2) is 0 Å². The molecule has 0 aliphatic carbocycles.